The largest absolute Gasteiger partial charge is 0.508 e. The Labute approximate surface area is 171 Å². The van der Waals surface area contributed by atoms with Gasteiger partial charge in [0.15, 0.2) is 0 Å². The number of fused-ring (bicyclic) bond motifs is 1. The molecule has 8 nitrogen and oxygen atoms in total. The van der Waals surface area contributed by atoms with Gasteiger partial charge in [-0.15, -0.1) is 0 Å². The van der Waals surface area contributed by atoms with Crippen LogP contribution in [0.25, 0.3) is 22.2 Å². The summed E-state index contributed by atoms with van der Waals surface area (Å²) < 4.78 is 0. The van der Waals surface area contributed by atoms with Crippen LogP contribution in [0.15, 0.2) is 73.1 Å². The summed E-state index contributed by atoms with van der Waals surface area (Å²) in [6.45, 7) is -0.0619. The van der Waals surface area contributed by atoms with E-state index < -0.39 is 4.92 Å². The third kappa shape index (κ3) is 3.79. The van der Waals surface area contributed by atoms with E-state index in [0.29, 0.717) is 22.2 Å². The number of hydrogen-bond acceptors (Lipinski definition) is 6. The minimum absolute atomic E-state index is 0.0619. The summed E-state index contributed by atoms with van der Waals surface area (Å²) in [4.78, 5) is 32.0. The zero-order chi connectivity index (χ0) is 21.1. The van der Waals surface area contributed by atoms with Crippen molar-refractivity contribution < 1.29 is 14.8 Å². The van der Waals surface area contributed by atoms with Crippen LogP contribution < -0.4 is 5.32 Å². The van der Waals surface area contributed by atoms with Gasteiger partial charge in [-0.1, -0.05) is 18.2 Å². The van der Waals surface area contributed by atoms with Gasteiger partial charge in [0.25, 0.3) is 11.6 Å². The second-order valence-electron chi connectivity index (χ2n) is 6.56. The molecule has 4 rings (SSSR count). The van der Waals surface area contributed by atoms with Crippen LogP contribution in [0, 0.1) is 10.1 Å². The van der Waals surface area contributed by atoms with Crippen molar-refractivity contribution >= 4 is 22.5 Å². The van der Waals surface area contributed by atoms with Crippen molar-refractivity contribution in [1.82, 2.24) is 15.3 Å². The Morgan fingerprint density at radius 1 is 1.07 bits per heavy atom. The van der Waals surface area contributed by atoms with Gasteiger partial charge in [0.1, 0.15) is 5.75 Å². The van der Waals surface area contributed by atoms with Crippen molar-refractivity contribution in [3.05, 3.63) is 94.3 Å². The maximum absolute atomic E-state index is 13.0. The Morgan fingerprint density at radius 2 is 1.83 bits per heavy atom. The number of nitro benzene ring substituents is 1. The van der Waals surface area contributed by atoms with E-state index in [9.17, 15) is 20.0 Å². The van der Waals surface area contributed by atoms with Crippen molar-refractivity contribution in [2.24, 2.45) is 0 Å². The van der Waals surface area contributed by atoms with Crippen LogP contribution in [0.4, 0.5) is 5.69 Å². The highest BCUT2D eigenvalue weighted by Gasteiger charge is 2.16. The summed E-state index contributed by atoms with van der Waals surface area (Å²) in [6, 6.07) is 16.3. The van der Waals surface area contributed by atoms with Gasteiger partial charge in [0.05, 0.1) is 21.7 Å². The molecule has 0 aliphatic heterocycles. The molecule has 2 heterocycles. The van der Waals surface area contributed by atoms with E-state index in [-0.39, 0.29) is 29.5 Å². The number of carbonyl (C=O) groups is 1. The molecule has 0 unspecified atom stereocenters. The number of rotatable bonds is 5. The molecule has 0 spiro atoms. The van der Waals surface area contributed by atoms with Gasteiger partial charge < -0.3 is 10.4 Å². The molecular formula is C22H16N4O4. The molecule has 4 aromatic rings. The highest BCUT2D eigenvalue weighted by molar-refractivity contribution is 6.07. The third-order valence-corrected chi connectivity index (χ3v) is 4.65. The van der Waals surface area contributed by atoms with Crippen LogP contribution in [-0.4, -0.2) is 25.9 Å². The molecule has 2 aromatic carbocycles. The van der Waals surface area contributed by atoms with Crippen LogP contribution in [0.3, 0.4) is 0 Å². The topological polar surface area (TPSA) is 118 Å². The molecule has 148 valence electrons. The number of para-hydroxylation sites is 1. The first-order valence-electron chi connectivity index (χ1n) is 9.07. The van der Waals surface area contributed by atoms with Gasteiger partial charge in [-0.05, 0) is 30.3 Å². The van der Waals surface area contributed by atoms with Crippen molar-refractivity contribution in [3.8, 4) is 17.0 Å². The number of aromatic hydroxyl groups is 1. The molecule has 1 amide bonds. The van der Waals surface area contributed by atoms with E-state index in [2.05, 4.69) is 15.3 Å². The number of aromatic nitrogens is 2. The number of hydrogen-bond donors (Lipinski definition) is 2. The van der Waals surface area contributed by atoms with Crippen molar-refractivity contribution in [2.75, 3.05) is 0 Å². The lowest BCUT2D eigenvalue weighted by Crippen LogP contribution is -2.23. The van der Waals surface area contributed by atoms with Gasteiger partial charge in [-0.25, -0.2) is 4.98 Å². The molecule has 0 aliphatic rings. The monoisotopic (exact) mass is 400 g/mol. The number of amides is 1. The van der Waals surface area contributed by atoms with Crippen LogP contribution in [-0.2, 0) is 6.54 Å². The second kappa shape index (κ2) is 7.96. The lowest BCUT2D eigenvalue weighted by Gasteiger charge is -2.11. The number of carbonyl (C=O) groups excluding carboxylic acids is 1. The van der Waals surface area contributed by atoms with Crippen LogP contribution in [0.5, 0.6) is 5.75 Å². The SMILES string of the molecule is O=C(NCc1cc([N+](=O)[O-])ccc1O)c1cc(-c2ccncc2)nc2ccccc12. The number of nitro groups is 1. The smallest absolute Gasteiger partial charge is 0.270 e. The molecule has 0 radical (unpaired) electrons. The average molecular weight is 400 g/mol. The number of phenolic OH excluding ortho intramolecular Hbond substituents is 1. The predicted octanol–water partition coefficient (Wildman–Crippen LogP) is 3.84. The fraction of sp³-hybridized carbons (Fsp3) is 0.0455. The number of nitrogens with zero attached hydrogens (tertiary/aromatic N) is 3. The Kier molecular flexibility index (Phi) is 5.04. The van der Waals surface area contributed by atoms with Crippen molar-refractivity contribution in [1.29, 1.82) is 0 Å². The maximum atomic E-state index is 13.0. The Hall–Kier alpha value is -4.33. The lowest BCUT2D eigenvalue weighted by molar-refractivity contribution is -0.384. The molecular weight excluding hydrogens is 384 g/mol. The average Bonchev–Trinajstić information content (AvgIpc) is 2.78. The summed E-state index contributed by atoms with van der Waals surface area (Å²) in [6.07, 6.45) is 3.30. The van der Waals surface area contributed by atoms with Gasteiger partial charge in [0, 0.05) is 47.6 Å². The van der Waals surface area contributed by atoms with E-state index in [1.54, 1.807) is 36.7 Å². The van der Waals surface area contributed by atoms with Crippen LogP contribution in [0.1, 0.15) is 15.9 Å². The number of non-ortho nitro benzene ring substituents is 1. The minimum Gasteiger partial charge on any atom is -0.508 e. The summed E-state index contributed by atoms with van der Waals surface area (Å²) in [5, 5.41) is 24.4. The Morgan fingerprint density at radius 3 is 2.60 bits per heavy atom. The quantitative estimate of drug-likeness (QED) is 0.388. The zero-order valence-corrected chi connectivity index (χ0v) is 15.6. The molecule has 0 atom stereocenters. The van der Waals surface area contributed by atoms with Crippen LogP contribution >= 0.6 is 0 Å². The molecule has 2 N–H and O–H groups in total. The third-order valence-electron chi connectivity index (χ3n) is 4.65. The minimum atomic E-state index is -0.553. The van der Waals surface area contributed by atoms with E-state index in [1.807, 2.05) is 18.2 Å². The van der Waals surface area contributed by atoms with Gasteiger partial charge in [-0.3, -0.25) is 19.9 Å². The lowest BCUT2D eigenvalue weighted by atomic mass is 10.0. The number of benzene rings is 2. The normalized spacial score (nSPS) is 10.7. The molecule has 2 aromatic heterocycles. The second-order valence-corrected chi connectivity index (χ2v) is 6.56. The zero-order valence-electron chi connectivity index (χ0n) is 15.6. The molecule has 8 heteroatoms. The summed E-state index contributed by atoms with van der Waals surface area (Å²) in [7, 11) is 0. The highest BCUT2D eigenvalue weighted by atomic mass is 16.6. The molecule has 30 heavy (non-hydrogen) atoms. The van der Waals surface area contributed by atoms with Crippen molar-refractivity contribution in [3.63, 3.8) is 0 Å². The van der Waals surface area contributed by atoms with E-state index in [0.717, 1.165) is 5.56 Å². The standard InChI is InChI=1S/C22H16N4O4/c27-21-6-5-16(26(29)30)11-15(21)13-24-22(28)18-12-20(14-7-9-23-10-8-14)25-19-4-2-1-3-17(18)19/h1-12,27H,13H2,(H,24,28). The molecule has 0 saturated carbocycles. The fourth-order valence-corrected chi connectivity index (χ4v) is 3.13. The number of pyridine rings is 2. The fourth-order valence-electron chi connectivity index (χ4n) is 3.13. The maximum Gasteiger partial charge on any atom is 0.270 e. The van der Waals surface area contributed by atoms with Gasteiger partial charge in [0.2, 0.25) is 0 Å². The first-order chi connectivity index (χ1) is 14.5. The molecule has 0 fully saturated rings. The van der Waals surface area contributed by atoms with E-state index >= 15 is 0 Å². The molecule has 0 saturated heterocycles. The number of nitrogens with one attached hydrogen (secondary N) is 1. The molecule has 0 bridgehead atoms. The highest BCUT2D eigenvalue weighted by Crippen LogP contribution is 2.26. The molecule has 0 aliphatic carbocycles. The Bertz CT molecular complexity index is 1260. The first-order valence-corrected chi connectivity index (χ1v) is 9.07. The van der Waals surface area contributed by atoms with Gasteiger partial charge in [-0.2, -0.15) is 0 Å². The Balaban J connectivity index is 1.68. The predicted molar refractivity (Wildman–Crippen MR) is 111 cm³/mol. The van der Waals surface area contributed by atoms with Gasteiger partial charge >= 0.3 is 0 Å². The van der Waals surface area contributed by atoms with E-state index in [4.69, 9.17) is 0 Å². The van der Waals surface area contributed by atoms with Crippen molar-refractivity contribution in [2.45, 2.75) is 6.54 Å². The van der Waals surface area contributed by atoms with Crippen LogP contribution in [0.2, 0.25) is 0 Å². The first kappa shape index (κ1) is 19.0. The number of phenols is 1. The summed E-state index contributed by atoms with van der Waals surface area (Å²) >= 11 is 0. The summed E-state index contributed by atoms with van der Waals surface area (Å²) in [5.74, 6) is -0.507. The summed E-state index contributed by atoms with van der Waals surface area (Å²) in [5.41, 5.74) is 2.62. The van der Waals surface area contributed by atoms with E-state index in [1.165, 1.54) is 18.2 Å².